The van der Waals surface area contributed by atoms with Gasteiger partial charge in [-0.25, -0.2) is 9.59 Å². The molecular weight excluding hydrogens is 560 g/mol. The van der Waals surface area contributed by atoms with Gasteiger partial charge in [-0.2, -0.15) is 5.26 Å². The molecule has 37 heavy (non-hydrogen) atoms. The van der Waals surface area contributed by atoms with Crippen LogP contribution in [0.5, 0.6) is 5.75 Å². The summed E-state index contributed by atoms with van der Waals surface area (Å²) in [6.45, 7) is 5.75. The van der Waals surface area contributed by atoms with Crippen LogP contribution in [0.2, 0.25) is 0 Å². The fraction of sp³-hybridized carbons (Fsp3) is 0.185. The molecule has 8 nitrogen and oxygen atoms in total. The highest BCUT2D eigenvalue weighted by molar-refractivity contribution is 9.10. The summed E-state index contributed by atoms with van der Waals surface area (Å²) in [4.78, 5) is 37.1. The number of benzene rings is 2. The Hall–Kier alpha value is -3.94. The van der Waals surface area contributed by atoms with Gasteiger partial charge in [0.25, 0.3) is 5.91 Å². The summed E-state index contributed by atoms with van der Waals surface area (Å²) in [6.07, 6.45) is 1.44. The Bertz CT molecular complexity index is 1420. The molecule has 2 N–H and O–H groups in total. The highest BCUT2D eigenvalue weighted by Crippen LogP contribution is 2.33. The first-order valence-corrected chi connectivity index (χ1v) is 12.7. The third-order valence-corrected chi connectivity index (χ3v) is 7.06. The number of amides is 1. The average molecular weight is 583 g/mol. The SMILES string of the molecule is CCOC(=O)c1c(NC(=O)C(C#N)=Cc2ccc(OCc3ccc(C(=O)O)cc3)c(Br)c2)sc(C)c1C. The first-order valence-electron chi connectivity index (χ1n) is 11.1. The first-order chi connectivity index (χ1) is 17.6. The van der Waals surface area contributed by atoms with E-state index in [0.717, 1.165) is 16.0 Å². The Morgan fingerprint density at radius 3 is 2.46 bits per heavy atom. The maximum Gasteiger partial charge on any atom is 0.341 e. The second-order valence-electron chi connectivity index (χ2n) is 7.81. The predicted octanol–water partition coefficient (Wildman–Crippen LogP) is 6.13. The van der Waals surface area contributed by atoms with Crippen LogP contribution in [-0.2, 0) is 16.1 Å². The summed E-state index contributed by atoms with van der Waals surface area (Å²) in [5.41, 5.74) is 2.44. The van der Waals surface area contributed by atoms with Crippen molar-refractivity contribution in [3.05, 3.63) is 85.2 Å². The number of carboxylic acid groups (broad SMARTS) is 1. The van der Waals surface area contributed by atoms with Crippen LogP contribution in [0.3, 0.4) is 0 Å². The lowest BCUT2D eigenvalue weighted by Gasteiger charge is -2.10. The van der Waals surface area contributed by atoms with Gasteiger partial charge in [-0.3, -0.25) is 4.79 Å². The Morgan fingerprint density at radius 1 is 1.16 bits per heavy atom. The van der Waals surface area contributed by atoms with Gasteiger partial charge in [-0.05, 0) is 83.7 Å². The molecule has 0 fully saturated rings. The number of nitrogens with zero attached hydrogens (tertiary/aromatic N) is 1. The van der Waals surface area contributed by atoms with Crippen molar-refractivity contribution in [2.24, 2.45) is 0 Å². The largest absolute Gasteiger partial charge is 0.488 e. The van der Waals surface area contributed by atoms with E-state index in [1.54, 1.807) is 44.2 Å². The standard InChI is InChI=1S/C27H23BrN2O6S/c1-4-35-27(34)23-15(2)16(3)37-25(23)30-24(31)20(13-29)11-18-7-10-22(21(28)12-18)36-14-17-5-8-19(9-6-17)26(32)33/h5-12H,4,14H2,1-3H3,(H,30,31)(H,32,33). The average Bonchev–Trinajstić information content (AvgIpc) is 3.14. The summed E-state index contributed by atoms with van der Waals surface area (Å²) in [5.74, 6) is -1.63. The Morgan fingerprint density at radius 2 is 1.86 bits per heavy atom. The van der Waals surface area contributed by atoms with Gasteiger partial charge in [-0.15, -0.1) is 11.3 Å². The molecule has 2 aromatic carbocycles. The van der Waals surface area contributed by atoms with Crippen LogP contribution in [0.15, 0.2) is 52.5 Å². The smallest absolute Gasteiger partial charge is 0.341 e. The molecule has 190 valence electrons. The first kappa shape index (κ1) is 27.6. The molecule has 0 aliphatic carbocycles. The number of thiophene rings is 1. The molecule has 0 saturated heterocycles. The van der Waals surface area contributed by atoms with Gasteiger partial charge in [-0.1, -0.05) is 18.2 Å². The lowest BCUT2D eigenvalue weighted by molar-refractivity contribution is -0.112. The summed E-state index contributed by atoms with van der Waals surface area (Å²) in [6, 6.07) is 13.4. The number of rotatable bonds is 9. The zero-order valence-corrected chi connectivity index (χ0v) is 22.7. The number of hydrogen-bond acceptors (Lipinski definition) is 7. The normalized spacial score (nSPS) is 10.9. The lowest BCUT2D eigenvalue weighted by Crippen LogP contribution is -2.16. The molecule has 0 aliphatic rings. The van der Waals surface area contributed by atoms with Crippen LogP contribution in [0, 0.1) is 25.2 Å². The number of nitriles is 1. The number of nitrogens with one attached hydrogen (secondary N) is 1. The maximum absolute atomic E-state index is 12.9. The van der Waals surface area contributed by atoms with Crippen LogP contribution in [0.1, 0.15) is 49.2 Å². The van der Waals surface area contributed by atoms with Gasteiger partial charge in [0.2, 0.25) is 0 Å². The monoisotopic (exact) mass is 582 g/mol. The number of carbonyl (C=O) groups excluding carboxylic acids is 2. The zero-order valence-electron chi connectivity index (χ0n) is 20.3. The summed E-state index contributed by atoms with van der Waals surface area (Å²) < 4.78 is 11.5. The molecule has 0 bridgehead atoms. The Balaban J connectivity index is 1.74. The summed E-state index contributed by atoms with van der Waals surface area (Å²) in [7, 11) is 0. The molecule has 0 atom stereocenters. The molecule has 3 rings (SSSR count). The van der Waals surface area contributed by atoms with E-state index in [-0.39, 0.29) is 29.9 Å². The number of carboxylic acids is 1. The fourth-order valence-electron chi connectivity index (χ4n) is 3.28. The number of esters is 1. The van der Waals surface area contributed by atoms with E-state index in [0.29, 0.717) is 20.8 Å². The highest BCUT2D eigenvalue weighted by atomic mass is 79.9. The highest BCUT2D eigenvalue weighted by Gasteiger charge is 2.23. The number of carbonyl (C=O) groups is 3. The van der Waals surface area contributed by atoms with Crippen molar-refractivity contribution in [2.75, 3.05) is 11.9 Å². The predicted molar refractivity (Wildman–Crippen MR) is 144 cm³/mol. The second kappa shape index (κ2) is 12.3. The van der Waals surface area contributed by atoms with E-state index in [9.17, 15) is 19.6 Å². The van der Waals surface area contributed by atoms with Crippen molar-refractivity contribution in [1.29, 1.82) is 5.26 Å². The van der Waals surface area contributed by atoms with Crippen molar-refractivity contribution >= 4 is 56.2 Å². The third kappa shape index (κ3) is 6.84. The molecular formula is C27H23BrN2O6S. The van der Waals surface area contributed by atoms with Gasteiger partial charge in [0.15, 0.2) is 0 Å². The maximum atomic E-state index is 12.9. The van der Waals surface area contributed by atoms with Crippen LogP contribution in [0.4, 0.5) is 5.00 Å². The molecule has 1 aromatic heterocycles. The molecule has 1 heterocycles. The van der Waals surface area contributed by atoms with E-state index in [1.807, 2.05) is 13.0 Å². The van der Waals surface area contributed by atoms with Crippen LogP contribution in [-0.4, -0.2) is 29.6 Å². The van der Waals surface area contributed by atoms with E-state index >= 15 is 0 Å². The number of hydrogen-bond donors (Lipinski definition) is 2. The van der Waals surface area contributed by atoms with Gasteiger partial charge in [0, 0.05) is 4.88 Å². The summed E-state index contributed by atoms with van der Waals surface area (Å²) >= 11 is 4.69. The van der Waals surface area contributed by atoms with E-state index in [4.69, 9.17) is 14.6 Å². The molecule has 1 amide bonds. The molecule has 0 aliphatic heterocycles. The summed E-state index contributed by atoms with van der Waals surface area (Å²) in [5, 5.41) is 21.6. The zero-order chi connectivity index (χ0) is 27.1. The van der Waals surface area contributed by atoms with Gasteiger partial charge >= 0.3 is 11.9 Å². The van der Waals surface area contributed by atoms with Crippen molar-refractivity contribution in [1.82, 2.24) is 0 Å². The number of anilines is 1. The van der Waals surface area contributed by atoms with E-state index in [2.05, 4.69) is 21.2 Å². The van der Waals surface area contributed by atoms with Crippen molar-refractivity contribution in [3.8, 4) is 11.8 Å². The van der Waals surface area contributed by atoms with E-state index in [1.165, 1.54) is 29.5 Å². The molecule has 3 aromatic rings. The van der Waals surface area contributed by atoms with Crippen LogP contribution < -0.4 is 10.1 Å². The molecule has 10 heteroatoms. The number of halogens is 1. The van der Waals surface area contributed by atoms with Crippen molar-refractivity contribution < 1.29 is 29.0 Å². The minimum absolute atomic E-state index is 0.141. The lowest BCUT2D eigenvalue weighted by atomic mass is 10.1. The minimum atomic E-state index is -0.996. The van der Waals surface area contributed by atoms with Crippen molar-refractivity contribution in [3.63, 3.8) is 0 Å². The Kier molecular flexibility index (Phi) is 9.22. The topological polar surface area (TPSA) is 126 Å². The number of aryl methyl sites for hydroxylation is 1. The van der Waals surface area contributed by atoms with Gasteiger partial charge < -0.3 is 19.9 Å². The van der Waals surface area contributed by atoms with E-state index < -0.39 is 17.8 Å². The van der Waals surface area contributed by atoms with Gasteiger partial charge in [0.05, 0.1) is 22.2 Å². The molecule has 0 spiro atoms. The third-order valence-electron chi connectivity index (χ3n) is 5.32. The fourth-order valence-corrected chi connectivity index (χ4v) is 4.83. The quantitative estimate of drug-likeness (QED) is 0.176. The molecule has 0 unspecified atom stereocenters. The van der Waals surface area contributed by atoms with Crippen molar-refractivity contribution in [2.45, 2.75) is 27.4 Å². The molecule has 0 radical (unpaired) electrons. The van der Waals surface area contributed by atoms with Crippen LogP contribution in [0.25, 0.3) is 6.08 Å². The number of ether oxygens (including phenoxy) is 2. The van der Waals surface area contributed by atoms with Gasteiger partial charge in [0.1, 0.15) is 29.0 Å². The number of aromatic carboxylic acids is 1. The molecule has 0 saturated carbocycles. The minimum Gasteiger partial charge on any atom is -0.488 e. The Labute approximate surface area is 226 Å². The van der Waals surface area contributed by atoms with Crippen LogP contribution >= 0.6 is 27.3 Å². The second-order valence-corrected chi connectivity index (χ2v) is 9.89.